The van der Waals surface area contributed by atoms with Gasteiger partial charge in [0, 0.05) is 49.9 Å². The van der Waals surface area contributed by atoms with E-state index in [2.05, 4.69) is 5.32 Å². The number of carbonyl (C=O) groups excluding carboxylic acids is 3. The van der Waals surface area contributed by atoms with Crippen molar-refractivity contribution < 1.29 is 43.6 Å². The Hall–Kier alpha value is -4.07. The maximum absolute atomic E-state index is 14.1. The second-order valence-electron chi connectivity index (χ2n) is 12.0. The van der Waals surface area contributed by atoms with E-state index in [9.17, 15) is 43.6 Å². The SMILES string of the molecule is CN(C)c1cc(NCc2cc(F)cc(F)c2)c(O)c2c1C[C@@H]1C[C@@H]3[C@@H](N(C)C)C(O)C(C(N)=O)C(=O)[C@]3(O)C(=O)C1=C2O. The normalized spacial score (nSPS) is 28.3. The summed E-state index contributed by atoms with van der Waals surface area (Å²) in [6, 6.07) is 3.60. The van der Waals surface area contributed by atoms with Gasteiger partial charge in [-0.25, -0.2) is 8.78 Å². The average molecular weight is 601 g/mol. The lowest BCUT2D eigenvalue weighted by molar-refractivity contribution is -0.184. The second-order valence-corrected chi connectivity index (χ2v) is 12.0. The van der Waals surface area contributed by atoms with Crippen LogP contribution >= 0.6 is 0 Å². The molecule has 2 fully saturated rings. The first kappa shape index (κ1) is 30.4. The number of benzene rings is 2. The van der Waals surface area contributed by atoms with Crippen LogP contribution in [0.3, 0.4) is 0 Å². The number of aliphatic hydroxyl groups excluding tert-OH is 2. The molecule has 43 heavy (non-hydrogen) atoms. The van der Waals surface area contributed by atoms with E-state index in [1.807, 2.05) is 0 Å². The summed E-state index contributed by atoms with van der Waals surface area (Å²) in [5.74, 6) is -9.88. The maximum atomic E-state index is 14.1. The fourth-order valence-corrected chi connectivity index (χ4v) is 7.10. The number of ketones is 2. The standard InChI is InChI=1S/C30H34F2N4O7/c1-35(2)19-10-18(34-11-12-5-14(31)9-15(32)6-12)24(37)21-16(19)7-13-8-17-23(36(3)4)26(39)22(29(33)42)28(41)30(17,43)27(40)20(13)25(21)38/h5-6,9-10,13,17,22-23,26,34,37-39,43H,7-8,11H2,1-4H3,(H2,33,42)/t13-,17-,22?,23-,26?,30-/m1/s1. The molecule has 0 saturated heterocycles. The monoisotopic (exact) mass is 600 g/mol. The Kier molecular flexibility index (Phi) is 7.48. The molecule has 230 valence electrons. The minimum Gasteiger partial charge on any atom is -0.507 e. The van der Waals surface area contributed by atoms with Crippen LogP contribution < -0.4 is 16.0 Å². The van der Waals surface area contributed by atoms with Crippen LogP contribution in [0, 0.1) is 29.4 Å². The number of hydrogen-bond donors (Lipinski definition) is 6. The topological polar surface area (TPSA) is 177 Å². The van der Waals surface area contributed by atoms with Crippen LogP contribution in [0.2, 0.25) is 0 Å². The molecule has 0 spiro atoms. The first-order valence-corrected chi connectivity index (χ1v) is 13.7. The number of primary amides is 1. The van der Waals surface area contributed by atoms with Crippen LogP contribution in [0.25, 0.3) is 5.76 Å². The zero-order chi connectivity index (χ0) is 31.7. The molecule has 13 heteroatoms. The quantitative estimate of drug-likeness (QED) is 0.208. The van der Waals surface area contributed by atoms with Crippen LogP contribution in [0.5, 0.6) is 5.75 Å². The number of amides is 1. The van der Waals surface area contributed by atoms with Gasteiger partial charge in [0.25, 0.3) is 0 Å². The number of nitrogens with two attached hydrogens (primary N) is 1. The van der Waals surface area contributed by atoms with Crippen LogP contribution in [0.15, 0.2) is 29.8 Å². The van der Waals surface area contributed by atoms with Gasteiger partial charge in [0.2, 0.25) is 11.7 Å². The Morgan fingerprint density at radius 3 is 2.28 bits per heavy atom. The lowest BCUT2D eigenvalue weighted by Crippen LogP contribution is -2.73. The summed E-state index contributed by atoms with van der Waals surface area (Å²) in [5.41, 5.74) is 3.68. The fraction of sp³-hybridized carbons (Fsp3) is 0.433. The molecule has 3 aliphatic rings. The molecular weight excluding hydrogens is 566 g/mol. The predicted molar refractivity (Wildman–Crippen MR) is 152 cm³/mol. The number of nitrogens with one attached hydrogen (secondary N) is 1. The number of likely N-dealkylation sites (N-methyl/N-ethyl adjacent to an activating group) is 1. The van der Waals surface area contributed by atoms with E-state index < -0.39 is 76.1 Å². The number of phenols is 1. The first-order valence-electron chi connectivity index (χ1n) is 13.7. The van der Waals surface area contributed by atoms with E-state index in [-0.39, 0.29) is 41.8 Å². The molecule has 2 unspecified atom stereocenters. The summed E-state index contributed by atoms with van der Waals surface area (Å²) in [5, 5.41) is 48.6. The van der Waals surface area contributed by atoms with Gasteiger partial charge in [-0.2, -0.15) is 0 Å². The van der Waals surface area contributed by atoms with Gasteiger partial charge in [0.05, 0.1) is 17.4 Å². The van der Waals surface area contributed by atoms with Crippen molar-refractivity contribution in [1.29, 1.82) is 0 Å². The third kappa shape index (κ3) is 4.62. The van der Waals surface area contributed by atoms with Crippen molar-refractivity contribution in [2.24, 2.45) is 23.5 Å². The van der Waals surface area contributed by atoms with Crippen molar-refractivity contribution in [3.8, 4) is 5.75 Å². The van der Waals surface area contributed by atoms with Gasteiger partial charge in [0.15, 0.2) is 11.4 Å². The highest BCUT2D eigenvalue weighted by Gasteiger charge is 2.67. The van der Waals surface area contributed by atoms with Crippen molar-refractivity contribution >= 4 is 34.6 Å². The Morgan fingerprint density at radius 1 is 1.09 bits per heavy atom. The lowest BCUT2D eigenvalue weighted by atomic mass is 9.54. The van der Waals surface area contributed by atoms with Crippen molar-refractivity contribution in [2.75, 3.05) is 38.4 Å². The Bertz CT molecular complexity index is 1560. The number of rotatable bonds is 6. The highest BCUT2D eigenvalue weighted by molar-refractivity contribution is 6.25. The van der Waals surface area contributed by atoms with Crippen molar-refractivity contribution in [2.45, 2.75) is 37.1 Å². The number of carbonyl (C=O) groups is 3. The molecule has 0 aromatic heterocycles. The van der Waals surface area contributed by atoms with Gasteiger partial charge in [-0.3, -0.25) is 14.4 Å². The zero-order valence-electron chi connectivity index (χ0n) is 24.1. The Morgan fingerprint density at radius 2 is 1.72 bits per heavy atom. The molecule has 0 aliphatic heterocycles. The lowest BCUT2D eigenvalue weighted by Gasteiger charge is -2.53. The highest BCUT2D eigenvalue weighted by atomic mass is 19.1. The maximum Gasteiger partial charge on any atom is 0.230 e. The predicted octanol–water partition coefficient (Wildman–Crippen LogP) is 1.09. The smallest absolute Gasteiger partial charge is 0.230 e. The van der Waals surface area contributed by atoms with E-state index in [1.165, 1.54) is 4.90 Å². The molecule has 0 bridgehead atoms. The molecule has 7 N–H and O–H groups in total. The molecular formula is C30H34F2N4O7. The number of aromatic hydroxyl groups is 1. The van der Waals surface area contributed by atoms with Gasteiger partial charge >= 0.3 is 0 Å². The molecule has 11 nitrogen and oxygen atoms in total. The summed E-state index contributed by atoms with van der Waals surface area (Å²) in [6.45, 7) is -0.0918. The summed E-state index contributed by atoms with van der Waals surface area (Å²) >= 11 is 0. The van der Waals surface area contributed by atoms with Gasteiger partial charge in [0.1, 0.15) is 29.1 Å². The molecule has 3 aliphatic carbocycles. The summed E-state index contributed by atoms with van der Waals surface area (Å²) in [7, 11) is 6.64. The van der Waals surface area contributed by atoms with E-state index in [0.717, 1.165) is 18.2 Å². The molecule has 2 saturated carbocycles. The van der Waals surface area contributed by atoms with Crippen LogP contribution in [-0.4, -0.2) is 88.7 Å². The van der Waals surface area contributed by atoms with Crippen molar-refractivity contribution in [1.82, 2.24) is 4.90 Å². The number of anilines is 2. The number of halogens is 2. The minimum absolute atomic E-state index is 0.00301. The molecule has 6 atom stereocenters. The molecule has 1 amide bonds. The number of hydrogen-bond acceptors (Lipinski definition) is 10. The van der Waals surface area contributed by atoms with E-state index >= 15 is 0 Å². The number of nitrogens with zero attached hydrogens (tertiary/aromatic N) is 2. The second kappa shape index (κ2) is 10.6. The van der Waals surface area contributed by atoms with Crippen molar-refractivity contribution in [3.05, 3.63) is 58.2 Å². The van der Waals surface area contributed by atoms with Crippen LogP contribution in [0.4, 0.5) is 20.2 Å². The summed E-state index contributed by atoms with van der Waals surface area (Å²) < 4.78 is 27.5. The van der Waals surface area contributed by atoms with E-state index in [4.69, 9.17) is 5.73 Å². The minimum atomic E-state index is -2.76. The first-order chi connectivity index (χ1) is 20.1. The molecule has 0 heterocycles. The zero-order valence-corrected chi connectivity index (χ0v) is 24.1. The number of phenolic OH excluding ortho intramolecular Hbond substituents is 1. The van der Waals surface area contributed by atoms with Gasteiger partial charge in [-0.15, -0.1) is 0 Å². The van der Waals surface area contributed by atoms with Crippen LogP contribution in [0.1, 0.15) is 23.1 Å². The van der Waals surface area contributed by atoms with Crippen LogP contribution in [-0.2, 0) is 27.3 Å². The average Bonchev–Trinajstić information content (AvgIpc) is 2.89. The summed E-state index contributed by atoms with van der Waals surface area (Å²) in [6.07, 6.45) is -1.45. The number of aliphatic hydroxyl groups is 3. The van der Waals surface area contributed by atoms with Gasteiger partial charge in [-0.1, -0.05) is 0 Å². The Labute approximate surface area is 246 Å². The fourth-order valence-electron chi connectivity index (χ4n) is 7.10. The van der Waals surface area contributed by atoms with Crippen molar-refractivity contribution in [3.63, 3.8) is 0 Å². The molecule has 0 radical (unpaired) electrons. The number of Topliss-reactive ketones (excluding diaryl/α,β-unsaturated/α-hetero) is 2. The molecule has 2 aromatic carbocycles. The number of fused-ring (bicyclic) bond motifs is 3. The third-order valence-corrected chi connectivity index (χ3v) is 8.95. The molecule has 2 aromatic rings. The largest absolute Gasteiger partial charge is 0.507 e. The summed E-state index contributed by atoms with van der Waals surface area (Å²) in [4.78, 5) is 43.0. The van der Waals surface area contributed by atoms with E-state index in [1.54, 1.807) is 39.2 Å². The van der Waals surface area contributed by atoms with Gasteiger partial charge in [-0.05, 0) is 62.2 Å². The third-order valence-electron chi connectivity index (χ3n) is 8.95. The Balaban J connectivity index is 1.63. The molecule has 5 rings (SSSR count). The van der Waals surface area contributed by atoms with Gasteiger partial charge < -0.3 is 41.3 Å². The van der Waals surface area contributed by atoms with E-state index in [0.29, 0.717) is 11.3 Å². The highest BCUT2D eigenvalue weighted by Crippen LogP contribution is 2.54.